The number of hydrogen-bond donors (Lipinski definition) is 2. The van der Waals surface area contributed by atoms with Crippen LogP contribution in [0.5, 0.6) is 0 Å². The lowest BCUT2D eigenvalue weighted by molar-refractivity contribution is -0.133. The number of aromatic carboxylic acids is 1. The van der Waals surface area contributed by atoms with Gasteiger partial charge in [0.05, 0.1) is 16.3 Å². The molecule has 4 nitrogen and oxygen atoms in total. The molecule has 1 rings (SSSR count). The summed E-state index contributed by atoms with van der Waals surface area (Å²) in [6.07, 6.45) is 0. The van der Waals surface area contributed by atoms with E-state index in [2.05, 4.69) is 0 Å². The van der Waals surface area contributed by atoms with Gasteiger partial charge in [0.25, 0.3) is 0 Å². The van der Waals surface area contributed by atoms with Crippen molar-refractivity contribution in [2.24, 2.45) is 0 Å². The van der Waals surface area contributed by atoms with Crippen molar-refractivity contribution in [2.45, 2.75) is 4.90 Å². The molecule has 0 aromatic heterocycles. The quantitative estimate of drug-likeness (QED) is 0.797. The Hall–Kier alpha value is -1.20. The molecule has 0 aliphatic rings. The molecule has 0 unspecified atom stereocenters. The molecule has 0 amide bonds. The van der Waals surface area contributed by atoms with E-state index in [-0.39, 0.29) is 16.3 Å². The lowest BCUT2D eigenvalue weighted by atomic mass is 10.2. The van der Waals surface area contributed by atoms with Gasteiger partial charge in [-0.3, -0.25) is 4.79 Å². The Morgan fingerprint density at radius 2 is 2.00 bits per heavy atom. The fourth-order valence-corrected chi connectivity index (χ4v) is 1.87. The molecule has 0 spiro atoms. The van der Waals surface area contributed by atoms with Gasteiger partial charge in [0.2, 0.25) is 0 Å². The standard InChI is InChI=1S/C9H7ClO4S/c10-6-3-5(9(13)14)1-2-7(6)15-4-8(11)12/h1-3H,4H2,(H,11,12)(H,13,14). The van der Waals surface area contributed by atoms with E-state index in [4.69, 9.17) is 21.8 Å². The van der Waals surface area contributed by atoms with Gasteiger partial charge in [-0.2, -0.15) is 0 Å². The highest BCUT2D eigenvalue weighted by atomic mass is 35.5. The average Bonchev–Trinajstić information content (AvgIpc) is 2.15. The minimum atomic E-state index is -1.06. The lowest BCUT2D eigenvalue weighted by Crippen LogP contribution is -1.99. The number of thioether (sulfide) groups is 1. The van der Waals surface area contributed by atoms with Crippen molar-refractivity contribution in [3.8, 4) is 0 Å². The second-order valence-corrected chi connectivity index (χ2v) is 4.06. The van der Waals surface area contributed by atoms with Gasteiger partial charge in [0.1, 0.15) is 0 Å². The first kappa shape index (κ1) is 11.9. The van der Waals surface area contributed by atoms with Crippen molar-refractivity contribution in [1.82, 2.24) is 0 Å². The molecule has 6 heteroatoms. The Bertz CT molecular complexity index is 405. The van der Waals surface area contributed by atoms with Crippen molar-refractivity contribution in [1.29, 1.82) is 0 Å². The van der Waals surface area contributed by atoms with E-state index < -0.39 is 11.9 Å². The zero-order valence-electron chi connectivity index (χ0n) is 7.44. The summed E-state index contributed by atoms with van der Waals surface area (Å²) < 4.78 is 0. The number of benzene rings is 1. The van der Waals surface area contributed by atoms with Crippen LogP contribution in [0.25, 0.3) is 0 Å². The number of carboxylic acids is 2. The highest BCUT2D eigenvalue weighted by Gasteiger charge is 2.08. The van der Waals surface area contributed by atoms with Crippen LogP contribution in [0, 0.1) is 0 Å². The van der Waals surface area contributed by atoms with E-state index in [1.54, 1.807) is 0 Å². The normalized spacial score (nSPS) is 9.93. The second-order valence-electron chi connectivity index (χ2n) is 2.63. The van der Waals surface area contributed by atoms with E-state index in [1.807, 2.05) is 0 Å². The molecule has 1 aromatic rings. The van der Waals surface area contributed by atoms with Gasteiger partial charge in [-0.25, -0.2) is 4.79 Å². The predicted octanol–water partition coefficient (Wildman–Crippen LogP) is 2.21. The summed E-state index contributed by atoms with van der Waals surface area (Å²) in [5, 5.41) is 17.4. The lowest BCUT2D eigenvalue weighted by Gasteiger charge is -2.02. The van der Waals surface area contributed by atoms with Crippen LogP contribution in [0.15, 0.2) is 23.1 Å². The van der Waals surface area contributed by atoms with Gasteiger partial charge in [0, 0.05) is 4.90 Å². The van der Waals surface area contributed by atoms with E-state index >= 15 is 0 Å². The van der Waals surface area contributed by atoms with Gasteiger partial charge in [-0.05, 0) is 18.2 Å². The zero-order chi connectivity index (χ0) is 11.4. The molecule has 0 aliphatic heterocycles. The SMILES string of the molecule is O=C(O)CSc1ccc(C(=O)O)cc1Cl. The average molecular weight is 247 g/mol. The van der Waals surface area contributed by atoms with Crippen LogP contribution in [-0.2, 0) is 4.79 Å². The third-order valence-corrected chi connectivity index (χ3v) is 3.01. The topological polar surface area (TPSA) is 74.6 Å². The molecule has 1 aromatic carbocycles. The number of rotatable bonds is 4. The molecule has 0 fully saturated rings. The van der Waals surface area contributed by atoms with Crippen molar-refractivity contribution in [2.75, 3.05) is 5.75 Å². The number of carbonyl (C=O) groups is 2. The second kappa shape index (κ2) is 5.04. The van der Waals surface area contributed by atoms with Crippen LogP contribution < -0.4 is 0 Å². The molecule has 0 heterocycles. The predicted molar refractivity (Wildman–Crippen MR) is 56.8 cm³/mol. The van der Waals surface area contributed by atoms with Gasteiger partial charge >= 0.3 is 11.9 Å². The first-order valence-electron chi connectivity index (χ1n) is 3.88. The van der Waals surface area contributed by atoms with Crippen LogP contribution in [0.1, 0.15) is 10.4 Å². The third kappa shape index (κ3) is 3.45. The van der Waals surface area contributed by atoms with Crippen LogP contribution in [0.3, 0.4) is 0 Å². The molecule has 0 bridgehead atoms. The molecule has 0 saturated heterocycles. The maximum Gasteiger partial charge on any atom is 0.335 e. The monoisotopic (exact) mass is 246 g/mol. The first-order valence-corrected chi connectivity index (χ1v) is 5.24. The van der Waals surface area contributed by atoms with E-state index in [1.165, 1.54) is 18.2 Å². The van der Waals surface area contributed by atoms with Gasteiger partial charge in [-0.1, -0.05) is 11.6 Å². The van der Waals surface area contributed by atoms with E-state index in [0.29, 0.717) is 4.90 Å². The van der Waals surface area contributed by atoms with Crippen molar-refractivity contribution in [3.63, 3.8) is 0 Å². The zero-order valence-corrected chi connectivity index (χ0v) is 9.01. The smallest absolute Gasteiger partial charge is 0.335 e. The summed E-state index contributed by atoms with van der Waals surface area (Å²) in [6, 6.07) is 4.19. The minimum absolute atomic E-state index is 0.0830. The van der Waals surface area contributed by atoms with Crippen molar-refractivity contribution in [3.05, 3.63) is 28.8 Å². The Kier molecular flexibility index (Phi) is 3.99. The molecule has 0 radical (unpaired) electrons. The van der Waals surface area contributed by atoms with Crippen LogP contribution in [-0.4, -0.2) is 27.9 Å². The fourth-order valence-electron chi connectivity index (χ4n) is 0.890. The summed E-state index contributed by atoms with van der Waals surface area (Å²) >= 11 is 6.83. The van der Waals surface area contributed by atoms with E-state index in [9.17, 15) is 9.59 Å². The minimum Gasteiger partial charge on any atom is -0.481 e. The molecule has 15 heavy (non-hydrogen) atoms. The van der Waals surface area contributed by atoms with Gasteiger partial charge < -0.3 is 10.2 Å². The fraction of sp³-hybridized carbons (Fsp3) is 0.111. The summed E-state index contributed by atoms with van der Waals surface area (Å²) in [4.78, 5) is 21.4. The summed E-state index contributed by atoms with van der Waals surface area (Å²) in [5.74, 6) is -2.11. The van der Waals surface area contributed by atoms with Crippen LogP contribution >= 0.6 is 23.4 Å². The number of hydrogen-bond acceptors (Lipinski definition) is 3. The highest BCUT2D eigenvalue weighted by molar-refractivity contribution is 8.00. The molecule has 0 atom stereocenters. The number of carboxylic acid groups (broad SMARTS) is 2. The Morgan fingerprint density at radius 1 is 1.33 bits per heavy atom. The summed E-state index contributed by atoms with van der Waals surface area (Å²) in [6.45, 7) is 0. The molecular weight excluding hydrogens is 240 g/mol. The Balaban J connectivity index is 2.83. The van der Waals surface area contributed by atoms with E-state index in [0.717, 1.165) is 11.8 Å². The summed E-state index contributed by atoms with van der Waals surface area (Å²) in [7, 11) is 0. The van der Waals surface area contributed by atoms with Crippen LogP contribution in [0.2, 0.25) is 5.02 Å². The highest BCUT2D eigenvalue weighted by Crippen LogP contribution is 2.27. The van der Waals surface area contributed by atoms with Gasteiger partial charge in [0.15, 0.2) is 0 Å². The van der Waals surface area contributed by atoms with Crippen molar-refractivity contribution < 1.29 is 19.8 Å². The van der Waals surface area contributed by atoms with Crippen LogP contribution in [0.4, 0.5) is 0 Å². The maximum atomic E-state index is 10.6. The number of halogens is 1. The molecular formula is C9H7ClO4S. The Morgan fingerprint density at radius 3 is 2.47 bits per heavy atom. The third-order valence-electron chi connectivity index (χ3n) is 1.53. The van der Waals surface area contributed by atoms with Gasteiger partial charge in [-0.15, -0.1) is 11.8 Å². The number of aliphatic carboxylic acids is 1. The molecule has 0 saturated carbocycles. The summed E-state index contributed by atoms with van der Waals surface area (Å²) in [5.41, 5.74) is 0.0830. The molecule has 0 aliphatic carbocycles. The molecule has 2 N–H and O–H groups in total. The first-order chi connectivity index (χ1) is 7.00. The molecule has 80 valence electrons. The van der Waals surface area contributed by atoms with Crippen molar-refractivity contribution >= 4 is 35.3 Å². The Labute approximate surface area is 94.9 Å². The largest absolute Gasteiger partial charge is 0.481 e. The maximum absolute atomic E-state index is 10.6.